The Labute approximate surface area is 123 Å². The highest BCUT2D eigenvalue weighted by Gasteiger charge is 2.17. The van der Waals surface area contributed by atoms with Gasteiger partial charge in [-0.2, -0.15) is 8.42 Å². The minimum atomic E-state index is -3.68. The monoisotopic (exact) mass is 304 g/mol. The summed E-state index contributed by atoms with van der Waals surface area (Å²) in [4.78, 5) is 6.76. The molecule has 7 heteroatoms. The lowest BCUT2D eigenvalue weighted by Gasteiger charge is -2.06. The first kappa shape index (κ1) is 15.1. The zero-order chi connectivity index (χ0) is 15.3. The van der Waals surface area contributed by atoms with E-state index in [0.717, 1.165) is 0 Å². The molecule has 0 radical (unpaired) electrons. The lowest BCUT2D eigenvalue weighted by Crippen LogP contribution is -2.13. The van der Waals surface area contributed by atoms with Crippen LogP contribution in [0.3, 0.4) is 0 Å². The number of sulfonamides is 1. The summed E-state index contributed by atoms with van der Waals surface area (Å²) in [6.07, 6.45) is 1.94. The van der Waals surface area contributed by atoms with E-state index in [9.17, 15) is 8.42 Å². The topological polar surface area (TPSA) is 101 Å². The Morgan fingerprint density at radius 2 is 2.24 bits per heavy atom. The van der Waals surface area contributed by atoms with Gasteiger partial charge < -0.3 is 10.7 Å². The van der Waals surface area contributed by atoms with Gasteiger partial charge in [-0.3, -0.25) is 4.72 Å². The highest BCUT2D eigenvalue weighted by atomic mass is 32.2. The smallest absolute Gasteiger partial charge is 0.278 e. The number of aryl methyl sites for hydroxylation is 1. The van der Waals surface area contributed by atoms with E-state index in [2.05, 4.69) is 26.5 Å². The molecule has 21 heavy (non-hydrogen) atoms. The highest BCUT2D eigenvalue weighted by molar-refractivity contribution is 7.92. The van der Waals surface area contributed by atoms with Crippen LogP contribution in [0.15, 0.2) is 35.5 Å². The van der Waals surface area contributed by atoms with Crippen LogP contribution in [0.25, 0.3) is 0 Å². The van der Waals surface area contributed by atoms with Crippen LogP contribution < -0.4 is 10.5 Å². The summed E-state index contributed by atoms with van der Waals surface area (Å²) < 4.78 is 26.9. The number of nitrogens with zero attached hydrogens (tertiary/aromatic N) is 1. The minimum absolute atomic E-state index is 0.0396. The van der Waals surface area contributed by atoms with E-state index in [1.807, 2.05) is 6.92 Å². The SMILES string of the molecule is CCc1ncc(S(=O)(=O)Nc2cccc(C#CCN)c2)[nH]1. The Morgan fingerprint density at radius 3 is 2.90 bits per heavy atom. The summed E-state index contributed by atoms with van der Waals surface area (Å²) in [5, 5.41) is 0.0396. The van der Waals surface area contributed by atoms with E-state index in [4.69, 9.17) is 5.73 Å². The predicted octanol–water partition coefficient (Wildman–Crippen LogP) is 1.08. The van der Waals surface area contributed by atoms with Crippen LogP contribution in [0.2, 0.25) is 0 Å². The lowest BCUT2D eigenvalue weighted by atomic mass is 10.2. The molecule has 0 bridgehead atoms. The third-order valence-corrected chi connectivity index (χ3v) is 3.97. The van der Waals surface area contributed by atoms with Crippen molar-refractivity contribution in [1.29, 1.82) is 0 Å². The summed E-state index contributed by atoms with van der Waals surface area (Å²) in [6, 6.07) is 6.81. The van der Waals surface area contributed by atoms with E-state index < -0.39 is 10.0 Å². The number of nitrogens with one attached hydrogen (secondary N) is 2. The lowest BCUT2D eigenvalue weighted by molar-refractivity contribution is 0.598. The van der Waals surface area contributed by atoms with Gasteiger partial charge in [0.15, 0.2) is 5.03 Å². The molecule has 0 fully saturated rings. The van der Waals surface area contributed by atoms with Crippen molar-refractivity contribution in [1.82, 2.24) is 9.97 Å². The largest absolute Gasteiger partial charge is 0.332 e. The van der Waals surface area contributed by atoms with Crippen molar-refractivity contribution in [3.05, 3.63) is 41.9 Å². The Balaban J connectivity index is 2.24. The number of aromatic amines is 1. The first-order valence-corrected chi connectivity index (χ1v) is 7.89. The molecule has 1 heterocycles. The van der Waals surface area contributed by atoms with Gasteiger partial charge in [-0.1, -0.05) is 24.8 Å². The zero-order valence-electron chi connectivity index (χ0n) is 11.6. The molecule has 1 aromatic carbocycles. The molecule has 1 aromatic heterocycles. The average Bonchev–Trinajstić information content (AvgIpc) is 2.95. The molecule has 0 unspecified atom stereocenters. The second-order valence-electron chi connectivity index (χ2n) is 4.24. The third-order valence-electron chi connectivity index (χ3n) is 2.68. The number of anilines is 1. The Kier molecular flexibility index (Phi) is 4.62. The first-order valence-electron chi connectivity index (χ1n) is 6.41. The van der Waals surface area contributed by atoms with Crippen LogP contribution in [0, 0.1) is 11.8 Å². The Morgan fingerprint density at radius 1 is 1.43 bits per heavy atom. The van der Waals surface area contributed by atoms with Crippen molar-refractivity contribution >= 4 is 15.7 Å². The minimum Gasteiger partial charge on any atom is -0.332 e. The van der Waals surface area contributed by atoms with Crippen molar-refractivity contribution in [2.75, 3.05) is 11.3 Å². The molecule has 0 atom stereocenters. The van der Waals surface area contributed by atoms with E-state index in [-0.39, 0.29) is 11.6 Å². The maximum atomic E-state index is 12.2. The molecule has 4 N–H and O–H groups in total. The van der Waals surface area contributed by atoms with Crippen LogP contribution in [-0.2, 0) is 16.4 Å². The number of rotatable bonds is 4. The summed E-state index contributed by atoms with van der Waals surface area (Å²) in [7, 11) is -3.68. The van der Waals surface area contributed by atoms with Crippen LogP contribution in [0.1, 0.15) is 18.3 Å². The van der Waals surface area contributed by atoms with Crippen molar-refractivity contribution in [3.63, 3.8) is 0 Å². The predicted molar refractivity (Wildman–Crippen MR) is 81.1 cm³/mol. The molecular weight excluding hydrogens is 288 g/mol. The number of nitrogens with two attached hydrogens (primary N) is 1. The van der Waals surface area contributed by atoms with Gasteiger partial charge in [0, 0.05) is 12.0 Å². The van der Waals surface area contributed by atoms with E-state index in [1.54, 1.807) is 24.3 Å². The number of benzene rings is 1. The molecule has 110 valence electrons. The van der Waals surface area contributed by atoms with Gasteiger partial charge in [-0.05, 0) is 18.2 Å². The van der Waals surface area contributed by atoms with Gasteiger partial charge in [0.05, 0.1) is 18.4 Å². The van der Waals surface area contributed by atoms with Crippen molar-refractivity contribution in [3.8, 4) is 11.8 Å². The fourth-order valence-corrected chi connectivity index (χ4v) is 2.67. The second kappa shape index (κ2) is 6.43. The quantitative estimate of drug-likeness (QED) is 0.736. The fourth-order valence-electron chi connectivity index (χ4n) is 1.68. The maximum Gasteiger partial charge on any atom is 0.278 e. The van der Waals surface area contributed by atoms with Crippen LogP contribution >= 0.6 is 0 Å². The van der Waals surface area contributed by atoms with Crippen molar-refractivity contribution in [2.45, 2.75) is 18.4 Å². The Hall–Kier alpha value is -2.30. The Bertz CT molecular complexity index is 785. The molecule has 0 aliphatic heterocycles. The number of aromatic nitrogens is 2. The summed E-state index contributed by atoms with van der Waals surface area (Å²) in [5.74, 6) is 6.20. The van der Waals surface area contributed by atoms with Gasteiger partial charge in [0.1, 0.15) is 5.82 Å². The number of imidazole rings is 1. The molecule has 0 saturated heterocycles. The van der Waals surface area contributed by atoms with Gasteiger partial charge in [-0.15, -0.1) is 0 Å². The van der Waals surface area contributed by atoms with Crippen LogP contribution in [-0.4, -0.2) is 24.9 Å². The van der Waals surface area contributed by atoms with Gasteiger partial charge >= 0.3 is 0 Å². The number of hydrogen-bond donors (Lipinski definition) is 3. The maximum absolute atomic E-state index is 12.2. The number of H-pyrrole nitrogens is 1. The van der Waals surface area contributed by atoms with Crippen LogP contribution in [0.4, 0.5) is 5.69 Å². The molecule has 0 saturated carbocycles. The summed E-state index contributed by atoms with van der Waals surface area (Å²) in [6.45, 7) is 2.14. The van der Waals surface area contributed by atoms with Gasteiger partial charge in [-0.25, -0.2) is 4.98 Å². The summed E-state index contributed by atoms with van der Waals surface area (Å²) in [5.41, 5.74) is 6.44. The van der Waals surface area contributed by atoms with E-state index in [1.165, 1.54) is 6.20 Å². The molecule has 0 spiro atoms. The standard InChI is InChI=1S/C14H16N4O2S/c1-2-13-16-10-14(17-13)21(19,20)18-12-7-3-5-11(9-12)6-4-8-15/h3,5,7,9-10,18H,2,8,15H2,1H3,(H,16,17). The number of hydrogen-bond acceptors (Lipinski definition) is 4. The molecular formula is C14H16N4O2S. The van der Waals surface area contributed by atoms with Crippen molar-refractivity contribution < 1.29 is 8.42 Å². The zero-order valence-corrected chi connectivity index (χ0v) is 12.4. The fraction of sp³-hybridized carbons (Fsp3) is 0.214. The van der Waals surface area contributed by atoms with Crippen LogP contribution in [0.5, 0.6) is 0 Å². The molecule has 6 nitrogen and oxygen atoms in total. The van der Waals surface area contributed by atoms with E-state index in [0.29, 0.717) is 23.5 Å². The molecule has 2 aromatic rings. The molecule has 0 aliphatic carbocycles. The van der Waals surface area contributed by atoms with Crippen molar-refractivity contribution in [2.24, 2.45) is 5.73 Å². The molecule has 2 rings (SSSR count). The molecule has 0 amide bonds. The highest BCUT2D eigenvalue weighted by Crippen LogP contribution is 2.15. The molecule has 0 aliphatic rings. The average molecular weight is 304 g/mol. The first-order chi connectivity index (χ1) is 10.0. The van der Waals surface area contributed by atoms with Gasteiger partial charge in [0.25, 0.3) is 10.0 Å². The second-order valence-corrected chi connectivity index (χ2v) is 5.89. The summed E-state index contributed by atoms with van der Waals surface area (Å²) >= 11 is 0. The van der Waals surface area contributed by atoms with Gasteiger partial charge in [0.2, 0.25) is 0 Å². The third kappa shape index (κ3) is 3.84. The normalized spacial score (nSPS) is 10.8. The van der Waals surface area contributed by atoms with E-state index >= 15 is 0 Å².